The smallest absolute Gasteiger partial charge is 0.244 e. The quantitative estimate of drug-likeness (QED) is 0.879. The molecule has 104 valence electrons. The average Bonchev–Trinajstić information content (AvgIpc) is 2.83. The van der Waals surface area contributed by atoms with Gasteiger partial charge in [-0.3, -0.25) is 4.79 Å². The van der Waals surface area contributed by atoms with Crippen molar-refractivity contribution in [2.75, 3.05) is 11.9 Å². The number of carbonyl (C=O) groups is 1. The van der Waals surface area contributed by atoms with E-state index < -0.39 is 5.54 Å². The van der Waals surface area contributed by atoms with Gasteiger partial charge in [0.25, 0.3) is 0 Å². The van der Waals surface area contributed by atoms with Crippen LogP contribution in [0.2, 0.25) is 15.1 Å². The Morgan fingerprint density at radius 3 is 2.47 bits per heavy atom. The number of hydrogen-bond acceptors (Lipinski definition) is 2. The lowest BCUT2D eigenvalue weighted by Gasteiger charge is -2.27. The highest BCUT2D eigenvalue weighted by atomic mass is 35.5. The lowest BCUT2D eigenvalue weighted by Crippen LogP contribution is -2.50. The number of nitrogens with one attached hydrogen (secondary N) is 2. The minimum atomic E-state index is -0.522. The summed E-state index contributed by atoms with van der Waals surface area (Å²) < 4.78 is 0. The van der Waals surface area contributed by atoms with Gasteiger partial charge in [-0.15, -0.1) is 0 Å². The van der Waals surface area contributed by atoms with E-state index in [-0.39, 0.29) is 5.91 Å². The molecule has 3 nitrogen and oxygen atoms in total. The van der Waals surface area contributed by atoms with Crippen molar-refractivity contribution in [2.45, 2.75) is 31.7 Å². The molecule has 0 spiro atoms. The molecule has 1 atom stereocenters. The van der Waals surface area contributed by atoms with Gasteiger partial charge < -0.3 is 10.6 Å². The van der Waals surface area contributed by atoms with E-state index in [1.807, 2.05) is 6.92 Å². The van der Waals surface area contributed by atoms with Crippen LogP contribution in [0, 0.1) is 0 Å². The number of rotatable bonds is 3. The van der Waals surface area contributed by atoms with Crippen LogP contribution >= 0.6 is 34.8 Å². The number of amides is 1. The highest BCUT2D eigenvalue weighted by Gasteiger charge is 2.39. The minimum Gasteiger partial charge on any atom is -0.322 e. The van der Waals surface area contributed by atoms with Crippen molar-refractivity contribution in [1.82, 2.24) is 5.32 Å². The van der Waals surface area contributed by atoms with Crippen LogP contribution in [0.5, 0.6) is 0 Å². The summed E-state index contributed by atoms with van der Waals surface area (Å²) in [4.78, 5) is 12.4. The first-order chi connectivity index (χ1) is 8.98. The van der Waals surface area contributed by atoms with Crippen LogP contribution in [-0.2, 0) is 4.79 Å². The van der Waals surface area contributed by atoms with Crippen LogP contribution < -0.4 is 10.6 Å². The van der Waals surface area contributed by atoms with Gasteiger partial charge in [0, 0.05) is 5.02 Å². The van der Waals surface area contributed by atoms with E-state index in [1.165, 1.54) is 0 Å². The minimum absolute atomic E-state index is 0.0985. The molecule has 1 aromatic carbocycles. The van der Waals surface area contributed by atoms with Crippen molar-refractivity contribution in [3.8, 4) is 0 Å². The molecule has 0 aliphatic carbocycles. The molecule has 0 aromatic heterocycles. The fraction of sp³-hybridized carbons (Fsp3) is 0.462. The lowest BCUT2D eigenvalue weighted by atomic mass is 9.93. The molecule has 1 fully saturated rings. The molecule has 0 radical (unpaired) electrons. The van der Waals surface area contributed by atoms with E-state index in [4.69, 9.17) is 34.8 Å². The molecule has 0 saturated carbocycles. The molecule has 19 heavy (non-hydrogen) atoms. The second-order valence-corrected chi connectivity index (χ2v) is 5.92. The van der Waals surface area contributed by atoms with Gasteiger partial charge in [-0.05, 0) is 37.9 Å². The van der Waals surface area contributed by atoms with E-state index in [0.717, 1.165) is 25.8 Å². The molecule has 2 rings (SSSR count). The van der Waals surface area contributed by atoms with Gasteiger partial charge in [-0.2, -0.15) is 0 Å². The maximum absolute atomic E-state index is 12.4. The zero-order chi connectivity index (χ0) is 14.0. The van der Waals surface area contributed by atoms with E-state index in [1.54, 1.807) is 12.1 Å². The molecule has 6 heteroatoms. The van der Waals surface area contributed by atoms with Crippen molar-refractivity contribution in [2.24, 2.45) is 0 Å². The van der Waals surface area contributed by atoms with Gasteiger partial charge in [0.15, 0.2) is 0 Å². The summed E-state index contributed by atoms with van der Waals surface area (Å²) >= 11 is 18.0. The maximum Gasteiger partial charge on any atom is 0.244 e. The Bertz CT molecular complexity index is 476. The van der Waals surface area contributed by atoms with Crippen LogP contribution in [0.3, 0.4) is 0 Å². The number of halogens is 3. The van der Waals surface area contributed by atoms with E-state index in [0.29, 0.717) is 20.8 Å². The molecule has 1 aliphatic rings. The molecule has 1 aromatic rings. The fourth-order valence-corrected chi connectivity index (χ4v) is 3.27. The van der Waals surface area contributed by atoms with E-state index in [9.17, 15) is 4.79 Å². The largest absolute Gasteiger partial charge is 0.322 e. The third-order valence-electron chi connectivity index (χ3n) is 3.53. The highest BCUT2D eigenvalue weighted by molar-refractivity contribution is 6.42. The number of hydrogen-bond donors (Lipinski definition) is 2. The van der Waals surface area contributed by atoms with Gasteiger partial charge in [0.05, 0.1) is 21.3 Å². The van der Waals surface area contributed by atoms with Crippen molar-refractivity contribution in [1.29, 1.82) is 0 Å². The molecule has 1 heterocycles. The molecule has 1 saturated heterocycles. The summed E-state index contributed by atoms with van der Waals surface area (Å²) in [6, 6.07) is 3.12. The summed E-state index contributed by atoms with van der Waals surface area (Å²) in [5, 5.41) is 7.21. The summed E-state index contributed by atoms with van der Waals surface area (Å²) in [5.41, 5.74) is -0.106. The first-order valence-corrected chi connectivity index (χ1v) is 7.33. The number of anilines is 1. The average molecular weight is 322 g/mol. The first-order valence-electron chi connectivity index (χ1n) is 6.19. The van der Waals surface area contributed by atoms with Gasteiger partial charge in [0.1, 0.15) is 0 Å². The third kappa shape index (κ3) is 3.00. The van der Waals surface area contributed by atoms with Crippen molar-refractivity contribution in [3.05, 3.63) is 27.2 Å². The standard InChI is InChI=1S/C13H15Cl3N2O/c1-2-13(4-3-5-17-13)12(19)18-11-9(15)6-8(14)7-10(11)16/h6-7,17H,2-5H2,1H3,(H,18,19). The Morgan fingerprint density at radius 2 is 2.00 bits per heavy atom. The first kappa shape index (κ1) is 14.9. The number of carbonyl (C=O) groups excluding carboxylic acids is 1. The Morgan fingerprint density at radius 1 is 1.37 bits per heavy atom. The molecular weight excluding hydrogens is 307 g/mol. The Hall–Kier alpha value is -0.480. The Labute approximate surface area is 127 Å². The normalized spacial score (nSPS) is 22.5. The van der Waals surface area contributed by atoms with Gasteiger partial charge in [0.2, 0.25) is 5.91 Å². The second kappa shape index (κ2) is 5.88. The Balaban J connectivity index is 2.24. The van der Waals surface area contributed by atoms with Crippen LogP contribution in [0.15, 0.2) is 12.1 Å². The summed E-state index contributed by atoms with van der Waals surface area (Å²) in [6.07, 6.45) is 2.53. The monoisotopic (exact) mass is 320 g/mol. The van der Waals surface area contributed by atoms with Crippen LogP contribution in [-0.4, -0.2) is 18.0 Å². The molecule has 1 amide bonds. The Kier molecular flexibility index (Phi) is 4.62. The zero-order valence-electron chi connectivity index (χ0n) is 10.5. The van der Waals surface area contributed by atoms with Crippen molar-refractivity contribution < 1.29 is 4.79 Å². The topological polar surface area (TPSA) is 41.1 Å². The van der Waals surface area contributed by atoms with Gasteiger partial charge in [-0.25, -0.2) is 0 Å². The zero-order valence-corrected chi connectivity index (χ0v) is 12.8. The molecule has 1 unspecified atom stereocenters. The predicted molar refractivity (Wildman–Crippen MR) is 80.4 cm³/mol. The van der Waals surface area contributed by atoms with Crippen LogP contribution in [0.1, 0.15) is 26.2 Å². The fourth-order valence-electron chi connectivity index (χ4n) is 2.36. The van der Waals surface area contributed by atoms with Crippen LogP contribution in [0.4, 0.5) is 5.69 Å². The summed E-state index contributed by atoms with van der Waals surface area (Å²) in [7, 11) is 0. The molecular formula is C13H15Cl3N2O. The van der Waals surface area contributed by atoms with E-state index in [2.05, 4.69) is 10.6 Å². The van der Waals surface area contributed by atoms with Crippen molar-refractivity contribution >= 4 is 46.4 Å². The molecule has 1 aliphatic heterocycles. The number of benzene rings is 1. The van der Waals surface area contributed by atoms with Gasteiger partial charge >= 0.3 is 0 Å². The summed E-state index contributed by atoms with van der Waals surface area (Å²) in [6.45, 7) is 2.84. The van der Waals surface area contributed by atoms with Crippen LogP contribution in [0.25, 0.3) is 0 Å². The van der Waals surface area contributed by atoms with Gasteiger partial charge in [-0.1, -0.05) is 41.7 Å². The predicted octanol–water partition coefficient (Wildman–Crippen LogP) is 4.12. The molecule has 2 N–H and O–H groups in total. The second-order valence-electron chi connectivity index (χ2n) is 4.66. The lowest BCUT2D eigenvalue weighted by molar-refractivity contribution is -0.122. The highest BCUT2D eigenvalue weighted by Crippen LogP contribution is 2.35. The van der Waals surface area contributed by atoms with E-state index >= 15 is 0 Å². The molecule has 0 bridgehead atoms. The van der Waals surface area contributed by atoms with Crippen molar-refractivity contribution in [3.63, 3.8) is 0 Å². The summed E-state index contributed by atoms with van der Waals surface area (Å²) in [5.74, 6) is -0.0985. The third-order valence-corrected chi connectivity index (χ3v) is 4.34. The SMILES string of the molecule is CCC1(C(=O)Nc2c(Cl)cc(Cl)cc2Cl)CCCN1. The maximum atomic E-state index is 12.4.